The van der Waals surface area contributed by atoms with Crippen molar-refractivity contribution in [1.82, 2.24) is 0 Å². The predicted octanol–water partition coefficient (Wildman–Crippen LogP) is 4.42. The van der Waals surface area contributed by atoms with Gasteiger partial charge in [-0.25, -0.2) is 0 Å². The molecule has 6 heteroatoms. The summed E-state index contributed by atoms with van der Waals surface area (Å²) in [7, 11) is 0. The van der Waals surface area contributed by atoms with E-state index in [0.29, 0.717) is 29.8 Å². The van der Waals surface area contributed by atoms with Gasteiger partial charge in [-0.3, -0.25) is 0 Å². The Hall–Kier alpha value is -1.63. The molecule has 1 aliphatic heterocycles. The highest BCUT2D eigenvalue weighted by Gasteiger charge is 2.31. The monoisotopic (exact) mass is 404 g/mol. The molecule has 3 unspecified atom stereocenters. The first kappa shape index (κ1) is 18.7. The van der Waals surface area contributed by atoms with Gasteiger partial charge in [0.1, 0.15) is 5.75 Å². The molecule has 0 bridgehead atoms. The molecule has 3 atom stereocenters. The molecule has 0 spiro atoms. The largest absolute Gasteiger partial charge is 0.508 e. The van der Waals surface area contributed by atoms with Crippen LogP contribution in [0.15, 0.2) is 42.5 Å². The second-order valence-corrected chi connectivity index (χ2v) is 8.56. The third-order valence-electron chi connectivity index (χ3n) is 4.97. The number of aliphatic hydroxyl groups is 2. The lowest BCUT2D eigenvalue weighted by Crippen LogP contribution is -2.33. The van der Waals surface area contributed by atoms with E-state index < -0.39 is 18.3 Å². The quantitative estimate of drug-likeness (QED) is 0.601. The number of aromatic hydroxyl groups is 1. The Balaban J connectivity index is 1.64. The molecule has 0 radical (unpaired) electrons. The van der Waals surface area contributed by atoms with E-state index in [4.69, 9.17) is 16.3 Å². The van der Waals surface area contributed by atoms with Gasteiger partial charge >= 0.3 is 0 Å². The van der Waals surface area contributed by atoms with Crippen molar-refractivity contribution >= 4 is 33.0 Å². The van der Waals surface area contributed by atoms with Gasteiger partial charge in [0.2, 0.25) is 0 Å². The minimum Gasteiger partial charge on any atom is -0.508 e. The molecule has 2 heterocycles. The first-order valence-electron chi connectivity index (χ1n) is 8.96. The minimum atomic E-state index is -0.568. The van der Waals surface area contributed by atoms with Crippen LogP contribution < -0.4 is 0 Å². The molecule has 2 aromatic carbocycles. The topological polar surface area (TPSA) is 69.9 Å². The van der Waals surface area contributed by atoms with Crippen molar-refractivity contribution in [2.75, 3.05) is 6.61 Å². The van der Waals surface area contributed by atoms with E-state index in [9.17, 15) is 15.3 Å². The molecular formula is C21H21ClO4S. The zero-order chi connectivity index (χ0) is 19.0. The Morgan fingerprint density at radius 3 is 2.74 bits per heavy atom. The molecule has 27 heavy (non-hydrogen) atoms. The lowest BCUT2D eigenvalue weighted by Gasteiger charge is -2.33. The molecule has 1 aromatic heterocycles. The highest BCUT2D eigenvalue weighted by Crippen LogP contribution is 2.39. The third kappa shape index (κ3) is 3.98. The number of phenolic OH excluding ortho intramolecular Hbond substituents is 1. The third-order valence-corrected chi connectivity index (χ3v) is 6.43. The Morgan fingerprint density at radius 1 is 1.15 bits per heavy atom. The molecule has 4 nitrogen and oxygen atoms in total. The zero-order valence-electron chi connectivity index (χ0n) is 14.6. The highest BCUT2D eigenvalue weighted by molar-refractivity contribution is 7.19. The van der Waals surface area contributed by atoms with Crippen LogP contribution in [-0.4, -0.2) is 34.1 Å². The molecule has 0 aliphatic carbocycles. The molecule has 3 aromatic rings. The Labute approximate surface area is 166 Å². The van der Waals surface area contributed by atoms with E-state index in [0.717, 1.165) is 5.56 Å². The van der Waals surface area contributed by atoms with Gasteiger partial charge in [-0.05, 0) is 35.2 Å². The predicted molar refractivity (Wildman–Crippen MR) is 108 cm³/mol. The van der Waals surface area contributed by atoms with E-state index in [2.05, 4.69) is 18.2 Å². The maximum atomic E-state index is 10.4. The summed E-state index contributed by atoms with van der Waals surface area (Å²) in [4.78, 5) is 1.19. The van der Waals surface area contributed by atoms with Gasteiger partial charge in [0.05, 0.1) is 24.9 Å². The molecule has 3 N–H and O–H groups in total. The van der Waals surface area contributed by atoms with Gasteiger partial charge in [0, 0.05) is 39.4 Å². The molecule has 142 valence electrons. The van der Waals surface area contributed by atoms with Crippen molar-refractivity contribution in [1.29, 1.82) is 0 Å². The van der Waals surface area contributed by atoms with Crippen molar-refractivity contribution in [3.8, 4) is 5.75 Å². The molecule has 1 saturated heterocycles. The lowest BCUT2D eigenvalue weighted by atomic mass is 9.94. The standard InChI is InChI=1S/C21H21ClO4S/c22-18-10-19(25)17(20-9-14(24)8-15(11-23)26-20)7-13(18)6-16-5-12-3-1-2-4-21(12)27-16/h1-5,7,10,14-15,20,23-25H,6,8-9,11H2. The smallest absolute Gasteiger partial charge is 0.122 e. The van der Waals surface area contributed by atoms with Crippen LogP contribution in [0.1, 0.15) is 34.9 Å². The van der Waals surface area contributed by atoms with E-state index in [1.165, 1.54) is 21.0 Å². The van der Waals surface area contributed by atoms with Crippen LogP contribution in [-0.2, 0) is 11.2 Å². The van der Waals surface area contributed by atoms with Crippen molar-refractivity contribution in [3.05, 3.63) is 63.5 Å². The maximum absolute atomic E-state index is 10.4. The van der Waals surface area contributed by atoms with Crippen molar-refractivity contribution in [2.45, 2.75) is 37.6 Å². The SMILES string of the molecule is OCC1CC(O)CC(c2cc(Cc3cc4ccccc4s3)c(Cl)cc2O)O1. The number of hydrogen-bond acceptors (Lipinski definition) is 5. The lowest BCUT2D eigenvalue weighted by molar-refractivity contribution is -0.114. The molecule has 1 fully saturated rings. The van der Waals surface area contributed by atoms with Crippen LogP contribution in [0.3, 0.4) is 0 Å². The van der Waals surface area contributed by atoms with E-state index in [1.807, 2.05) is 18.2 Å². The average molecular weight is 405 g/mol. The fourth-order valence-electron chi connectivity index (χ4n) is 3.64. The molecule has 4 rings (SSSR count). The number of rotatable bonds is 4. The summed E-state index contributed by atoms with van der Waals surface area (Å²) in [5.41, 5.74) is 1.51. The summed E-state index contributed by atoms with van der Waals surface area (Å²) in [6, 6.07) is 13.8. The van der Waals surface area contributed by atoms with Crippen LogP contribution in [0.2, 0.25) is 5.02 Å². The van der Waals surface area contributed by atoms with Gasteiger partial charge in [-0.1, -0.05) is 29.8 Å². The number of ether oxygens (including phenoxy) is 1. The fourth-order valence-corrected chi connectivity index (χ4v) is 4.95. The van der Waals surface area contributed by atoms with Crippen LogP contribution in [0, 0.1) is 0 Å². The second-order valence-electron chi connectivity index (χ2n) is 6.98. The number of halogens is 1. The van der Waals surface area contributed by atoms with Crippen LogP contribution in [0.5, 0.6) is 5.75 Å². The van der Waals surface area contributed by atoms with Gasteiger partial charge < -0.3 is 20.1 Å². The number of fused-ring (bicyclic) bond motifs is 1. The molecule has 0 saturated carbocycles. The van der Waals surface area contributed by atoms with E-state index >= 15 is 0 Å². The zero-order valence-corrected chi connectivity index (χ0v) is 16.2. The first-order chi connectivity index (χ1) is 13.0. The summed E-state index contributed by atoms with van der Waals surface area (Å²) >= 11 is 8.11. The summed E-state index contributed by atoms with van der Waals surface area (Å²) in [6.45, 7) is -0.156. The second kappa shape index (κ2) is 7.78. The van der Waals surface area contributed by atoms with Gasteiger partial charge in [0.15, 0.2) is 0 Å². The Kier molecular flexibility index (Phi) is 5.39. The minimum absolute atomic E-state index is 0.0517. The number of benzene rings is 2. The normalized spacial score (nSPS) is 23.0. The highest BCUT2D eigenvalue weighted by atomic mass is 35.5. The summed E-state index contributed by atoms with van der Waals surface area (Å²) in [5.74, 6) is 0.0517. The summed E-state index contributed by atoms with van der Waals surface area (Å²) in [6.07, 6.45) is -0.0278. The van der Waals surface area contributed by atoms with Crippen molar-refractivity contribution < 1.29 is 20.1 Å². The van der Waals surface area contributed by atoms with Crippen molar-refractivity contribution in [2.24, 2.45) is 0 Å². The molecular weight excluding hydrogens is 384 g/mol. The number of aliphatic hydroxyl groups excluding tert-OH is 2. The number of phenols is 1. The molecule has 1 aliphatic rings. The number of hydrogen-bond donors (Lipinski definition) is 3. The molecule has 0 amide bonds. The van der Waals surface area contributed by atoms with E-state index in [-0.39, 0.29) is 12.4 Å². The van der Waals surface area contributed by atoms with Gasteiger partial charge in [-0.2, -0.15) is 0 Å². The van der Waals surface area contributed by atoms with Gasteiger partial charge in [0.25, 0.3) is 0 Å². The first-order valence-corrected chi connectivity index (χ1v) is 10.2. The summed E-state index contributed by atoms with van der Waals surface area (Å²) < 4.78 is 7.08. The van der Waals surface area contributed by atoms with Crippen LogP contribution in [0.25, 0.3) is 10.1 Å². The van der Waals surface area contributed by atoms with Crippen LogP contribution in [0.4, 0.5) is 0 Å². The van der Waals surface area contributed by atoms with Crippen LogP contribution >= 0.6 is 22.9 Å². The maximum Gasteiger partial charge on any atom is 0.122 e. The Bertz CT molecular complexity index is 922. The van der Waals surface area contributed by atoms with Crippen molar-refractivity contribution in [3.63, 3.8) is 0 Å². The number of thiophene rings is 1. The van der Waals surface area contributed by atoms with E-state index in [1.54, 1.807) is 11.3 Å². The fraction of sp³-hybridized carbons (Fsp3) is 0.333. The summed E-state index contributed by atoms with van der Waals surface area (Å²) in [5, 5.41) is 31.6. The Morgan fingerprint density at radius 2 is 1.96 bits per heavy atom. The average Bonchev–Trinajstić information content (AvgIpc) is 3.05. The van der Waals surface area contributed by atoms with Gasteiger partial charge in [-0.15, -0.1) is 11.3 Å².